The molecule has 7 rings (SSSR count). The molecule has 0 saturated carbocycles. The molecule has 236 valence electrons. The van der Waals surface area contributed by atoms with Gasteiger partial charge in [-0.25, -0.2) is 0 Å². The number of pyridine rings is 1. The van der Waals surface area contributed by atoms with Crippen LogP contribution in [0.15, 0.2) is 70.9 Å². The van der Waals surface area contributed by atoms with Crippen molar-refractivity contribution >= 4 is 16.6 Å². The number of halogens is 6. The molecule has 4 heterocycles. The van der Waals surface area contributed by atoms with Crippen molar-refractivity contribution in [2.75, 3.05) is 25.5 Å². The highest BCUT2D eigenvalue weighted by atomic mass is 19.4. The average Bonchev–Trinajstić information content (AvgIpc) is 3.02. The molecule has 5 atom stereocenters. The van der Waals surface area contributed by atoms with E-state index in [2.05, 4.69) is 21.8 Å². The van der Waals surface area contributed by atoms with Crippen LogP contribution in [-0.4, -0.2) is 36.1 Å². The molecule has 45 heavy (non-hydrogen) atoms. The Morgan fingerprint density at radius 3 is 2.36 bits per heavy atom. The first kappa shape index (κ1) is 30.8. The number of rotatable bonds is 8. The summed E-state index contributed by atoms with van der Waals surface area (Å²) in [6.45, 7) is 4.93. The molecule has 3 aliphatic heterocycles. The van der Waals surface area contributed by atoms with Gasteiger partial charge in [0.15, 0.2) is 0 Å². The van der Waals surface area contributed by atoms with E-state index in [0.717, 1.165) is 18.5 Å². The number of hydrogen-bond acceptors (Lipinski definition) is 6. The minimum atomic E-state index is -5.02. The normalized spacial score (nSPS) is 22.5. The zero-order chi connectivity index (χ0) is 32.3. The molecular formula is C33H29F6N3O3. The molecule has 12 heteroatoms. The predicted molar refractivity (Wildman–Crippen MR) is 157 cm³/mol. The monoisotopic (exact) mass is 629 g/mol. The van der Waals surface area contributed by atoms with E-state index in [4.69, 9.17) is 4.74 Å². The Labute approximate surface area is 254 Å². The lowest BCUT2D eigenvalue weighted by Gasteiger charge is -2.52. The van der Waals surface area contributed by atoms with Crippen molar-refractivity contribution in [1.29, 1.82) is 0 Å². The second-order valence-corrected chi connectivity index (χ2v) is 11.7. The van der Waals surface area contributed by atoms with Gasteiger partial charge in [-0.2, -0.15) is 26.3 Å². The zero-order valence-electron chi connectivity index (χ0n) is 24.1. The van der Waals surface area contributed by atoms with Gasteiger partial charge in [-0.05, 0) is 84.8 Å². The number of anilines is 1. The zero-order valence-corrected chi connectivity index (χ0v) is 24.1. The van der Waals surface area contributed by atoms with E-state index in [9.17, 15) is 35.9 Å². The maximum absolute atomic E-state index is 13.5. The summed E-state index contributed by atoms with van der Waals surface area (Å²) in [5.41, 5.74) is -3.45. The lowest BCUT2D eigenvalue weighted by Crippen LogP contribution is -2.56. The lowest BCUT2D eigenvalue weighted by molar-refractivity contribution is -0.143. The third-order valence-corrected chi connectivity index (χ3v) is 9.23. The maximum Gasteiger partial charge on any atom is 0.416 e. The largest absolute Gasteiger partial charge is 0.497 e. The molecule has 0 amide bonds. The van der Waals surface area contributed by atoms with Gasteiger partial charge in [0, 0.05) is 42.2 Å². The van der Waals surface area contributed by atoms with Gasteiger partial charge in [0.05, 0.1) is 29.4 Å². The minimum absolute atomic E-state index is 0.0498. The van der Waals surface area contributed by atoms with Crippen LogP contribution < -0.4 is 20.9 Å². The quantitative estimate of drug-likeness (QED) is 0.136. The van der Waals surface area contributed by atoms with Crippen LogP contribution in [0.2, 0.25) is 0 Å². The second-order valence-electron chi connectivity index (χ2n) is 11.7. The Kier molecular flexibility index (Phi) is 7.75. The molecule has 1 N–H and O–H groups in total. The first-order valence-electron chi connectivity index (χ1n) is 14.4. The summed E-state index contributed by atoms with van der Waals surface area (Å²) in [6, 6.07) is 8.17. The second kappa shape index (κ2) is 11.3. The summed E-state index contributed by atoms with van der Waals surface area (Å²) >= 11 is 0. The van der Waals surface area contributed by atoms with Crippen LogP contribution in [0.5, 0.6) is 5.75 Å². The molecule has 2 unspecified atom stereocenters. The smallest absolute Gasteiger partial charge is 0.416 e. The molecule has 3 fully saturated rings. The first-order chi connectivity index (χ1) is 21.3. The number of hydrogen-bond donors (Lipinski definition) is 1. The van der Waals surface area contributed by atoms with Crippen LogP contribution in [0.4, 0.5) is 32.0 Å². The standard InChI is InChI=1S/C33H29F6N3O3/c1-3-18-16-42-9-7-19(18)12-26(42)27(23-6-8-40-25-5-4-22(45-2)14-24(23)25)28-29(31(44)30(28)43)41-15-17-10-20(32(34,35)36)13-21(11-17)33(37,38)39/h3-6,8,10-11,13-14,18-19,26-27,41H,1,7,9,12,15-16H2,2H3/t18-,19?,26-,27+/m0/s1. The molecule has 3 aliphatic rings. The van der Waals surface area contributed by atoms with E-state index in [0.29, 0.717) is 47.7 Å². The Balaban J connectivity index is 1.44. The fourth-order valence-electron chi connectivity index (χ4n) is 7.02. The topological polar surface area (TPSA) is 71.5 Å². The average molecular weight is 630 g/mol. The van der Waals surface area contributed by atoms with Crippen LogP contribution in [0, 0.1) is 11.8 Å². The van der Waals surface area contributed by atoms with Crippen LogP contribution in [0.25, 0.3) is 10.9 Å². The maximum atomic E-state index is 13.5. The number of methoxy groups -OCH3 is 1. The molecule has 4 aromatic rings. The van der Waals surface area contributed by atoms with Gasteiger partial charge in [-0.3, -0.25) is 19.5 Å². The van der Waals surface area contributed by atoms with E-state index in [1.54, 1.807) is 30.5 Å². The predicted octanol–water partition coefficient (Wildman–Crippen LogP) is 6.52. The number of aromatic nitrogens is 1. The van der Waals surface area contributed by atoms with Crippen molar-refractivity contribution in [3.8, 4) is 5.75 Å². The van der Waals surface area contributed by atoms with E-state index < -0.39 is 46.8 Å². The minimum Gasteiger partial charge on any atom is -0.497 e. The van der Waals surface area contributed by atoms with Crippen molar-refractivity contribution < 1.29 is 31.1 Å². The molecule has 0 aliphatic carbocycles. The summed E-state index contributed by atoms with van der Waals surface area (Å²) < 4.78 is 86.3. The Morgan fingerprint density at radius 2 is 1.76 bits per heavy atom. The lowest BCUT2D eigenvalue weighted by atomic mass is 9.68. The fraction of sp³-hybridized carbons (Fsp3) is 0.364. The summed E-state index contributed by atoms with van der Waals surface area (Å²) in [5.74, 6) is 0.493. The molecular weight excluding hydrogens is 600 g/mol. The SMILES string of the molecule is C=C[C@H]1CN2CCC1C[C@H]2[C@H](c1c(NCc2cc(C(F)(F)F)cc(C(F)(F)F)c2)c(=O)c1=O)c1ccnc2ccc(OC)cc12. The summed E-state index contributed by atoms with van der Waals surface area (Å²) in [5, 5.41) is 3.45. The highest BCUT2D eigenvalue weighted by Crippen LogP contribution is 2.46. The van der Waals surface area contributed by atoms with E-state index in [1.165, 1.54) is 7.11 Å². The first-order valence-corrected chi connectivity index (χ1v) is 14.4. The molecule has 6 nitrogen and oxygen atoms in total. The Morgan fingerprint density at radius 1 is 1.04 bits per heavy atom. The van der Waals surface area contributed by atoms with Crippen molar-refractivity contribution in [1.82, 2.24) is 9.88 Å². The van der Waals surface area contributed by atoms with E-state index in [-0.39, 0.29) is 34.8 Å². The van der Waals surface area contributed by atoms with Crippen LogP contribution in [0.1, 0.15) is 46.6 Å². The number of fused-ring (bicyclic) bond motifs is 4. The van der Waals surface area contributed by atoms with Gasteiger partial charge < -0.3 is 10.1 Å². The number of benzene rings is 2. The van der Waals surface area contributed by atoms with Crippen LogP contribution in [-0.2, 0) is 18.9 Å². The highest BCUT2D eigenvalue weighted by Gasteiger charge is 2.46. The van der Waals surface area contributed by atoms with Crippen molar-refractivity contribution in [3.63, 3.8) is 0 Å². The van der Waals surface area contributed by atoms with Gasteiger partial charge in [-0.15, -0.1) is 6.58 Å². The number of nitrogens with zero attached hydrogens (tertiary/aromatic N) is 2. The fourth-order valence-corrected chi connectivity index (χ4v) is 7.02. The molecule has 1 aromatic heterocycles. The van der Waals surface area contributed by atoms with Crippen LogP contribution in [0.3, 0.4) is 0 Å². The summed E-state index contributed by atoms with van der Waals surface area (Å²) in [4.78, 5) is 33.1. The third kappa shape index (κ3) is 5.60. The van der Waals surface area contributed by atoms with Gasteiger partial charge in [0.2, 0.25) is 10.9 Å². The van der Waals surface area contributed by atoms with Crippen molar-refractivity contribution in [3.05, 3.63) is 110 Å². The van der Waals surface area contributed by atoms with Gasteiger partial charge in [0.25, 0.3) is 0 Å². The number of ether oxygens (including phenoxy) is 1. The molecule has 0 radical (unpaired) electrons. The molecule has 3 saturated heterocycles. The van der Waals surface area contributed by atoms with Gasteiger partial charge in [-0.1, -0.05) is 6.08 Å². The Bertz CT molecular complexity index is 1810. The third-order valence-electron chi connectivity index (χ3n) is 9.23. The van der Waals surface area contributed by atoms with Crippen molar-refractivity contribution in [2.24, 2.45) is 11.8 Å². The van der Waals surface area contributed by atoms with E-state index >= 15 is 0 Å². The molecule has 0 spiro atoms. The number of piperidine rings is 3. The highest BCUT2D eigenvalue weighted by molar-refractivity contribution is 5.85. The number of alkyl halides is 6. The van der Waals surface area contributed by atoms with E-state index in [1.807, 2.05) is 6.08 Å². The Hall–Kier alpha value is -4.19. The van der Waals surface area contributed by atoms with Crippen molar-refractivity contribution in [2.45, 2.75) is 43.7 Å². The van der Waals surface area contributed by atoms with Gasteiger partial charge in [0.1, 0.15) is 5.75 Å². The molecule has 2 bridgehead atoms. The number of nitrogens with one attached hydrogen (secondary N) is 1. The molecule has 3 aromatic carbocycles. The summed E-state index contributed by atoms with van der Waals surface area (Å²) in [7, 11) is 1.52. The van der Waals surface area contributed by atoms with Crippen LogP contribution >= 0.6 is 0 Å². The van der Waals surface area contributed by atoms with Gasteiger partial charge >= 0.3 is 12.4 Å². The summed E-state index contributed by atoms with van der Waals surface area (Å²) in [6.07, 6.45) is -4.84.